The number of anilines is 1. The van der Waals surface area contributed by atoms with Crippen molar-refractivity contribution in [1.29, 1.82) is 0 Å². The van der Waals surface area contributed by atoms with E-state index in [1.54, 1.807) is 18.2 Å². The summed E-state index contributed by atoms with van der Waals surface area (Å²) in [5.41, 5.74) is 1.41. The summed E-state index contributed by atoms with van der Waals surface area (Å²) in [5.74, 6) is 0.0769. The second kappa shape index (κ2) is 13.6. The highest BCUT2D eigenvalue weighted by atomic mass is 35.5. The molecule has 1 heterocycles. The number of rotatable bonds is 10. The van der Waals surface area contributed by atoms with Crippen LogP contribution in [0.25, 0.3) is 0 Å². The van der Waals surface area contributed by atoms with Gasteiger partial charge in [-0.3, -0.25) is 4.79 Å². The summed E-state index contributed by atoms with van der Waals surface area (Å²) in [6.07, 6.45) is 6.97. The van der Waals surface area contributed by atoms with Crippen molar-refractivity contribution >= 4 is 33.2 Å². The fourth-order valence-corrected chi connectivity index (χ4v) is 6.77. The van der Waals surface area contributed by atoms with Crippen LogP contribution in [0.4, 0.5) is 5.69 Å². The zero-order valence-corrected chi connectivity index (χ0v) is 25.9. The number of benzene rings is 2. The van der Waals surface area contributed by atoms with Gasteiger partial charge in [-0.15, -0.1) is 13.2 Å². The smallest absolute Gasteiger partial charge is 0.265 e. The van der Waals surface area contributed by atoms with E-state index in [1.807, 2.05) is 18.2 Å². The molecule has 3 atom stereocenters. The van der Waals surface area contributed by atoms with Gasteiger partial charge >= 0.3 is 0 Å². The molecule has 1 amide bonds. The molecule has 1 fully saturated rings. The van der Waals surface area contributed by atoms with Gasteiger partial charge in [0.25, 0.3) is 15.9 Å². The molecule has 2 N–H and O–H groups in total. The van der Waals surface area contributed by atoms with Gasteiger partial charge < -0.3 is 19.5 Å². The first-order valence-electron chi connectivity index (χ1n) is 14.4. The van der Waals surface area contributed by atoms with Crippen molar-refractivity contribution in [2.75, 3.05) is 24.6 Å². The fourth-order valence-electron chi connectivity index (χ4n) is 5.45. The molecule has 0 unspecified atom stereocenters. The Kier molecular flexibility index (Phi) is 10.4. The number of fused-ring (bicyclic) bond motifs is 2. The van der Waals surface area contributed by atoms with Gasteiger partial charge in [-0.2, -0.15) is 0 Å². The summed E-state index contributed by atoms with van der Waals surface area (Å²) < 4.78 is 40.8. The van der Waals surface area contributed by atoms with E-state index in [4.69, 9.17) is 21.1 Å². The molecule has 1 saturated carbocycles. The third-order valence-corrected chi connectivity index (χ3v) is 9.77. The minimum Gasteiger partial charge on any atom is -0.487 e. The predicted octanol–water partition coefficient (Wildman–Crippen LogP) is 5.42. The molecule has 0 spiro atoms. The maximum atomic E-state index is 13.4. The number of hydrogen-bond donors (Lipinski definition) is 2. The van der Waals surface area contributed by atoms with E-state index in [9.17, 15) is 18.3 Å². The highest BCUT2D eigenvalue weighted by Gasteiger charge is 2.37. The lowest BCUT2D eigenvalue weighted by Gasteiger charge is -2.42. The number of ether oxygens (including phenoxy) is 2. The Bertz CT molecular complexity index is 1410. The van der Waals surface area contributed by atoms with Gasteiger partial charge in [-0.25, -0.2) is 13.1 Å². The van der Waals surface area contributed by atoms with E-state index in [1.165, 1.54) is 26.0 Å². The quantitative estimate of drug-likeness (QED) is 0.343. The highest BCUT2D eigenvalue weighted by molar-refractivity contribution is 7.90. The van der Waals surface area contributed by atoms with Gasteiger partial charge in [0, 0.05) is 18.1 Å². The van der Waals surface area contributed by atoms with Crippen LogP contribution in [0.3, 0.4) is 0 Å². The number of carbonyl (C=O) groups is 1. The van der Waals surface area contributed by atoms with Gasteiger partial charge in [0.1, 0.15) is 18.0 Å². The first kappa shape index (κ1) is 32.1. The number of nitrogens with one attached hydrogen (secondary N) is 1. The minimum absolute atomic E-state index is 0.0546. The molecular weight excluding hydrogens is 576 g/mol. The number of amides is 1. The molecule has 2 aromatic rings. The van der Waals surface area contributed by atoms with Gasteiger partial charge in [0.05, 0.1) is 23.3 Å². The first-order valence-corrected chi connectivity index (χ1v) is 16.2. The number of aliphatic hydroxyl groups is 1. The van der Waals surface area contributed by atoms with Crippen molar-refractivity contribution < 1.29 is 27.8 Å². The van der Waals surface area contributed by atoms with Crippen LogP contribution >= 0.6 is 11.6 Å². The lowest BCUT2D eigenvalue weighted by atomic mass is 9.70. The number of sulfonamides is 1. The van der Waals surface area contributed by atoms with Crippen LogP contribution in [0.15, 0.2) is 66.6 Å². The summed E-state index contributed by atoms with van der Waals surface area (Å²) >= 11 is 6.28. The molecule has 2 aliphatic rings. The van der Waals surface area contributed by atoms with E-state index < -0.39 is 27.6 Å². The molecule has 0 saturated heterocycles. The fraction of sp³-hybridized carbons (Fsp3) is 0.469. The maximum absolute atomic E-state index is 13.4. The second-order valence-electron chi connectivity index (χ2n) is 11.5. The van der Waals surface area contributed by atoms with E-state index in [0.717, 1.165) is 43.2 Å². The zero-order chi connectivity index (χ0) is 30.5. The number of hydrogen-bond acceptors (Lipinski definition) is 7. The molecule has 0 aromatic heterocycles. The molecule has 2 aromatic carbocycles. The van der Waals surface area contributed by atoms with Crippen LogP contribution in [-0.4, -0.2) is 50.8 Å². The van der Waals surface area contributed by atoms with Crippen LogP contribution in [-0.2, 0) is 32.6 Å². The van der Waals surface area contributed by atoms with Gasteiger partial charge in [0.2, 0.25) is 0 Å². The topological polar surface area (TPSA) is 105 Å². The van der Waals surface area contributed by atoms with Crippen molar-refractivity contribution in [3.63, 3.8) is 0 Å². The molecular formula is C32H41ClN2O6S. The largest absolute Gasteiger partial charge is 0.487 e. The Labute approximate surface area is 254 Å². The van der Waals surface area contributed by atoms with E-state index in [-0.39, 0.29) is 23.3 Å². The van der Waals surface area contributed by atoms with Gasteiger partial charge in [-0.1, -0.05) is 29.8 Å². The monoisotopic (exact) mass is 616 g/mol. The summed E-state index contributed by atoms with van der Waals surface area (Å²) in [4.78, 5) is 15.0. The van der Waals surface area contributed by atoms with E-state index in [2.05, 4.69) is 22.8 Å². The summed E-state index contributed by atoms with van der Waals surface area (Å²) in [6.45, 7) is 12.0. The number of nitrogens with zero attached hydrogens (tertiary/aromatic N) is 1. The number of carbonyl (C=O) groups excluding carboxylic acids is 1. The van der Waals surface area contributed by atoms with Crippen molar-refractivity contribution in [2.45, 2.75) is 69.2 Å². The van der Waals surface area contributed by atoms with Crippen molar-refractivity contribution in [3.8, 4) is 5.75 Å². The average molecular weight is 617 g/mol. The molecule has 4 rings (SSSR count). The minimum atomic E-state index is -4.23. The van der Waals surface area contributed by atoms with Crippen molar-refractivity contribution in [1.82, 2.24) is 4.72 Å². The summed E-state index contributed by atoms with van der Waals surface area (Å²) in [5, 5.41) is 11.1. The number of halogens is 1. The summed E-state index contributed by atoms with van der Waals surface area (Å²) in [6, 6.07) is 10.4. The van der Waals surface area contributed by atoms with Gasteiger partial charge in [-0.05, 0) is 99.2 Å². The zero-order valence-electron chi connectivity index (χ0n) is 24.4. The van der Waals surface area contributed by atoms with Crippen molar-refractivity contribution in [3.05, 3.63) is 77.9 Å². The summed E-state index contributed by atoms with van der Waals surface area (Å²) in [7, 11) is -4.23. The molecule has 0 radical (unpaired) electrons. The van der Waals surface area contributed by atoms with E-state index >= 15 is 0 Å². The SMILES string of the molecule is C=CCOC(C)(C)C(=O)NS(=O)(=O)c1ccc2c(c1)N(C[C@@H]1CC[C@H]1[C@@H](O)C=C)CCCCc1cc(Cl)ccc1CO2. The standard InChI is InChI=1S/C32H41ClN2O6S/c1-5-17-41-32(3,4)31(37)34-42(38,39)26-13-15-30-28(19-26)35(20-23-11-14-27(23)29(36)6-2)16-8-7-9-22-18-25(33)12-10-24(22)21-40-30/h5-6,10,12-13,15,18-19,23,27,29,36H,1-2,7-9,11,14,16-17,20-21H2,3-4H3,(H,34,37)/t23-,27+,29-/m0/s1. The number of aryl methyl sites for hydroxylation is 1. The second-order valence-corrected chi connectivity index (χ2v) is 13.6. The Morgan fingerprint density at radius 1 is 1.21 bits per heavy atom. The molecule has 1 aliphatic heterocycles. The molecule has 8 nitrogen and oxygen atoms in total. The van der Waals surface area contributed by atoms with Crippen molar-refractivity contribution in [2.24, 2.45) is 11.8 Å². The Hall–Kier alpha value is -2.85. The van der Waals surface area contributed by atoms with Crippen LogP contribution in [0.2, 0.25) is 5.02 Å². The molecule has 10 heteroatoms. The highest BCUT2D eigenvalue weighted by Crippen LogP contribution is 2.41. The Morgan fingerprint density at radius 2 is 2.00 bits per heavy atom. The predicted molar refractivity (Wildman–Crippen MR) is 165 cm³/mol. The third kappa shape index (κ3) is 7.56. The molecule has 42 heavy (non-hydrogen) atoms. The van der Waals surface area contributed by atoms with Crippen LogP contribution in [0.1, 0.15) is 50.7 Å². The van der Waals surface area contributed by atoms with Crippen LogP contribution in [0, 0.1) is 11.8 Å². The molecule has 0 bridgehead atoms. The number of aliphatic hydroxyl groups excluding tert-OH is 1. The third-order valence-electron chi connectivity index (χ3n) is 8.20. The van der Waals surface area contributed by atoms with Crippen LogP contribution < -0.4 is 14.4 Å². The van der Waals surface area contributed by atoms with Crippen LogP contribution in [0.5, 0.6) is 5.75 Å². The normalized spacial score (nSPS) is 20.0. The van der Waals surface area contributed by atoms with Gasteiger partial charge in [0.15, 0.2) is 0 Å². The maximum Gasteiger partial charge on any atom is 0.265 e. The first-order chi connectivity index (χ1) is 19.9. The molecule has 228 valence electrons. The molecule has 1 aliphatic carbocycles. The Balaban J connectivity index is 1.68. The lowest BCUT2D eigenvalue weighted by molar-refractivity contribution is -0.139. The Morgan fingerprint density at radius 3 is 2.69 bits per heavy atom. The lowest BCUT2D eigenvalue weighted by Crippen LogP contribution is -2.46. The van der Waals surface area contributed by atoms with E-state index in [0.29, 0.717) is 36.2 Å². The average Bonchev–Trinajstić information content (AvgIpc) is 2.97.